The minimum atomic E-state index is -0.808. The molecule has 0 spiro atoms. The van der Waals surface area contributed by atoms with Crippen molar-refractivity contribution in [3.8, 4) is 0 Å². The minimum absolute atomic E-state index is 0.0232. The molecule has 0 aromatic heterocycles. The van der Waals surface area contributed by atoms with Crippen LogP contribution >= 0.6 is 0 Å². The fraction of sp³-hybridized carbons (Fsp3) is 0.867. The smallest absolute Gasteiger partial charge is 0.317 e. The number of carboxylic acids is 1. The Bertz CT molecular complexity index is 372. The lowest BCUT2D eigenvalue weighted by atomic mass is 9.69. The molecule has 1 heterocycles. The standard InChI is InChI=1S/C15H28N2O3/c1-14(2,3)15(4,5)10-16-13(20)17-8-6-7-11(9-17)12(18)19/h11H,6-10H2,1-5H3,(H,16,20)(H,18,19). The van der Waals surface area contributed by atoms with E-state index in [0.29, 0.717) is 26.1 Å². The summed E-state index contributed by atoms with van der Waals surface area (Å²) in [7, 11) is 0. The average Bonchev–Trinajstić information content (AvgIpc) is 2.34. The average molecular weight is 284 g/mol. The number of amides is 2. The van der Waals surface area contributed by atoms with Gasteiger partial charge in [0.1, 0.15) is 0 Å². The summed E-state index contributed by atoms with van der Waals surface area (Å²) in [6.45, 7) is 12.3. The van der Waals surface area contributed by atoms with Crippen molar-refractivity contribution >= 4 is 12.0 Å². The van der Waals surface area contributed by atoms with Crippen molar-refractivity contribution in [2.24, 2.45) is 16.7 Å². The van der Waals surface area contributed by atoms with Crippen LogP contribution < -0.4 is 5.32 Å². The van der Waals surface area contributed by atoms with Crippen molar-refractivity contribution in [2.45, 2.75) is 47.5 Å². The third-order valence-corrected chi connectivity index (χ3v) is 4.77. The van der Waals surface area contributed by atoms with Crippen LogP contribution in [-0.2, 0) is 4.79 Å². The SMILES string of the molecule is CC(C)(C)C(C)(C)CNC(=O)N1CCCC(C(=O)O)C1. The van der Waals surface area contributed by atoms with Crippen LogP contribution in [0.25, 0.3) is 0 Å². The molecule has 0 radical (unpaired) electrons. The van der Waals surface area contributed by atoms with Gasteiger partial charge in [0.25, 0.3) is 0 Å². The highest BCUT2D eigenvalue weighted by molar-refractivity contribution is 5.76. The highest BCUT2D eigenvalue weighted by Crippen LogP contribution is 2.37. The molecule has 0 bridgehead atoms. The zero-order valence-electron chi connectivity index (χ0n) is 13.3. The van der Waals surface area contributed by atoms with Gasteiger partial charge in [0, 0.05) is 19.6 Å². The quantitative estimate of drug-likeness (QED) is 0.837. The Morgan fingerprint density at radius 1 is 1.25 bits per heavy atom. The molecule has 1 fully saturated rings. The van der Waals surface area contributed by atoms with Gasteiger partial charge >= 0.3 is 12.0 Å². The first-order valence-electron chi connectivity index (χ1n) is 7.30. The van der Waals surface area contributed by atoms with Crippen LogP contribution in [0.3, 0.4) is 0 Å². The minimum Gasteiger partial charge on any atom is -0.481 e. The highest BCUT2D eigenvalue weighted by Gasteiger charge is 2.34. The van der Waals surface area contributed by atoms with E-state index in [4.69, 9.17) is 5.11 Å². The Hall–Kier alpha value is -1.26. The van der Waals surface area contributed by atoms with E-state index in [1.165, 1.54) is 0 Å². The van der Waals surface area contributed by atoms with Gasteiger partial charge in [-0.15, -0.1) is 0 Å². The summed E-state index contributed by atoms with van der Waals surface area (Å²) < 4.78 is 0. The van der Waals surface area contributed by atoms with Crippen LogP contribution in [0, 0.1) is 16.7 Å². The zero-order valence-corrected chi connectivity index (χ0v) is 13.3. The van der Waals surface area contributed by atoms with E-state index >= 15 is 0 Å². The number of carbonyl (C=O) groups excluding carboxylic acids is 1. The number of nitrogens with one attached hydrogen (secondary N) is 1. The van der Waals surface area contributed by atoms with E-state index in [1.807, 2.05) is 0 Å². The Morgan fingerprint density at radius 2 is 1.85 bits per heavy atom. The predicted molar refractivity (Wildman–Crippen MR) is 78.6 cm³/mol. The van der Waals surface area contributed by atoms with Gasteiger partial charge in [-0.3, -0.25) is 4.79 Å². The second-order valence-corrected chi connectivity index (χ2v) is 7.42. The summed E-state index contributed by atoms with van der Waals surface area (Å²) in [5.74, 6) is -1.23. The van der Waals surface area contributed by atoms with Crippen molar-refractivity contribution in [1.29, 1.82) is 0 Å². The maximum Gasteiger partial charge on any atom is 0.317 e. The lowest BCUT2D eigenvalue weighted by Crippen LogP contribution is -2.50. The molecule has 2 amide bonds. The van der Waals surface area contributed by atoms with Crippen LogP contribution in [0.2, 0.25) is 0 Å². The third-order valence-electron chi connectivity index (χ3n) is 4.77. The molecule has 1 rings (SSSR count). The number of nitrogens with zero attached hydrogens (tertiary/aromatic N) is 1. The summed E-state index contributed by atoms with van der Waals surface area (Å²) in [6, 6.07) is -0.145. The fourth-order valence-corrected chi connectivity index (χ4v) is 2.04. The molecule has 5 nitrogen and oxygen atoms in total. The normalized spacial score (nSPS) is 20.6. The van der Waals surface area contributed by atoms with Crippen molar-refractivity contribution in [3.05, 3.63) is 0 Å². The molecule has 1 saturated heterocycles. The van der Waals surface area contributed by atoms with Gasteiger partial charge in [-0.25, -0.2) is 4.79 Å². The molecular weight excluding hydrogens is 256 g/mol. The lowest BCUT2D eigenvalue weighted by molar-refractivity contribution is -0.143. The second-order valence-electron chi connectivity index (χ2n) is 7.42. The van der Waals surface area contributed by atoms with E-state index in [0.717, 1.165) is 6.42 Å². The molecule has 1 aliphatic rings. The largest absolute Gasteiger partial charge is 0.481 e. The van der Waals surface area contributed by atoms with Crippen LogP contribution in [0.1, 0.15) is 47.5 Å². The van der Waals surface area contributed by atoms with E-state index in [9.17, 15) is 9.59 Å². The molecule has 0 aliphatic carbocycles. The topological polar surface area (TPSA) is 69.6 Å². The Labute approximate surface area is 121 Å². The first-order valence-corrected chi connectivity index (χ1v) is 7.30. The molecule has 0 saturated carbocycles. The maximum absolute atomic E-state index is 12.2. The highest BCUT2D eigenvalue weighted by atomic mass is 16.4. The number of urea groups is 1. The number of likely N-dealkylation sites (tertiary alicyclic amines) is 1. The number of carboxylic acid groups (broad SMARTS) is 1. The number of piperidine rings is 1. The lowest BCUT2D eigenvalue weighted by Gasteiger charge is -2.40. The van der Waals surface area contributed by atoms with Gasteiger partial charge in [0.05, 0.1) is 5.92 Å². The summed E-state index contributed by atoms with van der Waals surface area (Å²) >= 11 is 0. The van der Waals surface area contributed by atoms with Gasteiger partial charge in [-0.05, 0) is 23.7 Å². The summed E-state index contributed by atoms with van der Waals surface area (Å²) in [4.78, 5) is 24.8. The number of hydrogen-bond acceptors (Lipinski definition) is 2. The van der Waals surface area contributed by atoms with Crippen molar-refractivity contribution < 1.29 is 14.7 Å². The molecule has 2 N–H and O–H groups in total. The van der Waals surface area contributed by atoms with Crippen LogP contribution in [0.15, 0.2) is 0 Å². The molecule has 5 heteroatoms. The first-order chi connectivity index (χ1) is 9.04. The number of rotatable bonds is 3. The molecule has 0 aromatic rings. The van der Waals surface area contributed by atoms with Gasteiger partial charge in [-0.1, -0.05) is 34.6 Å². The third kappa shape index (κ3) is 4.12. The van der Waals surface area contributed by atoms with Crippen molar-refractivity contribution in [1.82, 2.24) is 10.2 Å². The molecule has 1 aliphatic heterocycles. The summed E-state index contributed by atoms with van der Waals surface area (Å²) in [6.07, 6.45) is 1.42. The molecule has 116 valence electrons. The Balaban J connectivity index is 2.53. The predicted octanol–water partition coefficient (Wildman–Crippen LogP) is 2.56. The second kappa shape index (κ2) is 6.02. The van der Waals surface area contributed by atoms with Crippen molar-refractivity contribution in [3.63, 3.8) is 0 Å². The molecule has 1 atom stereocenters. The van der Waals surface area contributed by atoms with Gasteiger partial charge in [-0.2, -0.15) is 0 Å². The van der Waals surface area contributed by atoms with Crippen LogP contribution in [0.5, 0.6) is 0 Å². The van der Waals surface area contributed by atoms with E-state index in [1.54, 1.807) is 4.90 Å². The van der Waals surface area contributed by atoms with Gasteiger partial charge in [0.2, 0.25) is 0 Å². The fourth-order valence-electron chi connectivity index (χ4n) is 2.04. The summed E-state index contributed by atoms with van der Waals surface area (Å²) in [5, 5.41) is 12.0. The Kier molecular flexibility index (Phi) is 5.05. The van der Waals surface area contributed by atoms with Crippen LogP contribution in [0.4, 0.5) is 4.79 Å². The Morgan fingerprint density at radius 3 is 2.35 bits per heavy atom. The van der Waals surface area contributed by atoms with Gasteiger partial charge < -0.3 is 15.3 Å². The van der Waals surface area contributed by atoms with Crippen molar-refractivity contribution in [2.75, 3.05) is 19.6 Å². The molecule has 0 aromatic carbocycles. The molecule has 20 heavy (non-hydrogen) atoms. The monoisotopic (exact) mass is 284 g/mol. The molecular formula is C15H28N2O3. The maximum atomic E-state index is 12.2. The zero-order chi connectivity index (χ0) is 15.6. The van der Waals surface area contributed by atoms with E-state index in [-0.39, 0.29) is 16.9 Å². The van der Waals surface area contributed by atoms with E-state index in [2.05, 4.69) is 39.9 Å². The first kappa shape index (κ1) is 16.8. The van der Waals surface area contributed by atoms with Crippen LogP contribution in [-0.4, -0.2) is 41.6 Å². The number of hydrogen-bond donors (Lipinski definition) is 2. The number of aliphatic carboxylic acids is 1. The summed E-state index contributed by atoms with van der Waals surface area (Å²) in [5.41, 5.74) is 0.0659. The number of carbonyl (C=O) groups is 2. The van der Waals surface area contributed by atoms with Gasteiger partial charge in [0.15, 0.2) is 0 Å². The molecule has 1 unspecified atom stereocenters. The van der Waals surface area contributed by atoms with E-state index < -0.39 is 11.9 Å².